The van der Waals surface area contributed by atoms with E-state index in [0.717, 1.165) is 0 Å². The second kappa shape index (κ2) is 7.21. The van der Waals surface area contributed by atoms with E-state index in [-0.39, 0.29) is 17.1 Å². The average Bonchev–Trinajstić information content (AvgIpc) is 2.33. The summed E-state index contributed by atoms with van der Waals surface area (Å²) < 4.78 is 13.7. The zero-order chi connectivity index (χ0) is 14.4. The Morgan fingerprint density at radius 1 is 1.58 bits per heavy atom. The number of nitrogens with two attached hydrogens (primary N) is 1. The molecule has 0 spiro atoms. The number of halogens is 2. The predicted molar refractivity (Wildman–Crippen MR) is 78.9 cm³/mol. The van der Waals surface area contributed by atoms with E-state index in [1.807, 2.05) is 0 Å². The van der Waals surface area contributed by atoms with E-state index in [2.05, 4.69) is 6.58 Å². The van der Waals surface area contributed by atoms with Crippen molar-refractivity contribution in [1.29, 1.82) is 0 Å². The summed E-state index contributed by atoms with van der Waals surface area (Å²) in [4.78, 5) is 14.0. The fourth-order valence-corrected chi connectivity index (χ4v) is 1.87. The van der Waals surface area contributed by atoms with Gasteiger partial charge in [-0.3, -0.25) is 4.79 Å². The lowest BCUT2D eigenvalue weighted by Crippen LogP contribution is -2.34. The maximum absolute atomic E-state index is 13.7. The molecule has 0 aromatic heterocycles. The van der Waals surface area contributed by atoms with Gasteiger partial charge in [0.25, 0.3) is 5.91 Å². The van der Waals surface area contributed by atoms with Gasteiger partial charge in [-0.2, -0.15) is 0 Å². The summed E-state index contributed by atoms with van der Waals surface area (Å²) in [7, 11) is 0. The van der Waals surface area contributed by atoms with Gasteiger partial charge in [0.05, 0.1) is 15.6 Å². The van der Waals surface area contributed by atoms with Crippen molar-refractivity contribution < 1.29 is 9.18 Å². The number of rotatable bonds is 6. The minimum atomic E-state index is -0.651. The molecule has 0 atom stereocenters. The molecule has 19 heavy (non-hydrogen) atoms. The Balaban J connectivity index is 2.98. The first-order valence-electron chi connectivity index (χ1n) is 5.60. The second-order valence-electron chi connectivity index (χ2n) is 3.85. The molecule has 1 amide bonds. The molecule has 1 rings (SSSR count). The lowest BCUT2D eigenvalue weighted by Gasteiger charge is -2.21. The maximum atomic E-state index is 13.7. The first kappa shape index (κ1) is 15.6. The number of nitrogens with zero attached hydrogens (tertiary/aromatic N) is 1. The van der Waals surface area contributed by atoms with Crippen molar-refractivity contribution in [3.05, 3.63) is 47.3 Å². The number of carbonyl (C=O) groups is 1. The molecule has 3 nitrogen and oxygen atoms in total. The molecule has 0 aliphatic carbocycles. The van der Waals surface area contributed by atoms with Crippen molar-refractivity contribution in [1.82, 2.24) is 4.90 Å². The third-order valence-electron chi connectivity index (χ3n) is 2.44. The van der Waals surface area contributed by atoms with Crippen molar-refractivity contribution >= 4 is 34.7 Å². The Kier molecular flexibility index (Phi) is 5.92. The van der Waals surface area contributed by atoms with Gasteiger partial charge in [0, 0.05) is 19.5 Å². The number of benzene rings is 1. The van der Waals surface area contributed by atoms with Gasteiger partial charge in [0.15, 0.2) is 0 Å². The van der Waals surface area contributed by atoms with E-state index in [9.17, 15) is 9.18 Å². The fraction of sp³-hybridized carbons (Fsp3) is 0.231. The monoisotopic (exact) mass is 300 g/mol. The fourth-order valence-electron chi connectivity index (χ4n) is 1.54. The second-order valence-corrected chi connectivity index (χ2v) is 4.78. The topological polar surface area (TPSA) is 46.3 Å². The molecule has 0 bridgehead atoms. The van der Waals surface area contributed by atoms with Gasteiger partial charge in [0.2, 0.25) is 0 Å². The Hall–Kier alpha value is -1.46. The van der Waals surface area contributed by atoms with Gasteiger partial charge in [-0.1, -0.05) is 36.0 Å². The van der Waals surface area contributed by atoms with Gasteiger partial charge >= 0.3 is 0 Å². The molecule has 0 fully saturated rings. The SMILES string of the molecule is C=CCN(CCC(N)=S)C(=O)c1c(F)cccc1Cl. The van der Waals surface area contributed by atoms with Crippen LogP contribution in [-0.4, -0.2) is 28.9 Å². The maximum Gasteiger partial charge on any atom is 0.258 e. The summed E-state index contributed by atoms with van der Waals surface area (Å²) in [5.41, 5.74) is 5.26. The first-order valence-corrected chi connectivity index (χ1v) is 6.38. The molecule has 0 heterocycles. The van der Waals surface area contributed by atoms with Crippen LogP contribution in [0.15, 0.2) is 30.9 Å². The number of thiocarbonyl (C=S) groups is 1. The molecule has 1 aromatic rings. The normalized spacial score (nSPS) is 10.0. The highest BCUT2D eigenvalue weighted by molar-refractivity contribution is 7.80. The van der Waals surface area contributed by atoms with Crippen LogP contribution < -0.4 is 5.73 Å². The summed E-state index contributed by atoms with van der Waals surface area (Å²) >= 11 is 10.6. The van der Waals surface area contributed by atoms with Gasteiger partial charge < -0.3 is 10.6 Å². The minimum Gasteiger partial charge on any atom is -0.393 e. The quantitative estimate of drug-likeness (QED) is 0.649. The van der Waals surface area contributed by atoms with Crippen LogP contribution in [0.3, 0.4) is 0 Å². The third kappa shape index (κ3) is 4.29. The Morgan fingerprint density at radius 2 is 2.26 bits per heavy atom. The highest BCUT2D eigenvalue weighted by atomic mass is 35.5. The van der Waals surface area contributed by atoms with E-state index in [0.29, 0.717) is 18.0 Å². The highest BCUT2D eigenvalue weighted by Crippen LogP contribution is 2.21. The lowest BCUT2D eigenvalue weighted by molar-refractivity contribution is 0.0774. The molecular formula is C13H14ClFN2OS. The number of amides is 1. The van der Waals surface area contributed by atoms with Crippen LogP contribution in [-0.2, 0) is 0 Å². The molecule has 0 saturated carbocycles. The standard InChI is InChI=1S/C13H14ClFN2OS/c1-2-7-17(8-6-11(16)19)13(18)12-9(14)4-3-5-10(12)15/h2-5H,1,6-8H2,(H2,16,19). The summed E-state index contributed by atoms with van der Waals surface area (Å²) in [6.07, 6.45) is 1.91. The zero-order valence-corrected chi connectivity index (χ0v) is 11.8. The Labute approximate surface area is 121 Å². The average molecular weight is 301 g/mol. The van der Waals surface area contributed by atoms with Crippen molar-refractivity contribution in [3.63, 3.8) is 0 Å². The van der Waals surface area contributed by atoms with Crippen LogP contribution in [0.4, 0.5) is 4.39 Å². The number of hydrogen-bond donors (Lipinski definition) is 1. The van der Waals surface area contributed by atoms with Crippen LogP contribution in [0, 0.1) is 5.82 Å². The van der Waals surface area contributed by atoms with E-state index >= 15 is 0 Å². The van der Waals surface area contributed by atoms with Crippen LogP contribution >= 0.6 is 23.8 Å². The molecule has 102 valence electrons. The van der Waals surface area contributed by atoms with Gasteiger partial charge in [-0.25, -0.2) is 4.39 Å². The number of carbonyl (C=O) groups excluding carboxylic acids is 1. The molecule has 6 heteroatoms. The van der Waals surface area contributed by atoms with Crippen LogP contribution in [0.25, 0.3) is 0 Å². The third-order valence-corrected chi connectivity index (χ3v) is 2.96. The molecule has 0 aliphatic heterocycles. The Morgan fingerprint density at radius 3 is 2.79 bits per heavy atom. The molecular weight excluding hydrogens is 287 g/mol. The van der Waals surface area contributed by atoms with Crippen molar-refractivity contribution in [2.24, 2.45) is 5.73 Å². The summed E-state index contributed by atoms with van der Waals surface area (Å²) in [6.45, 7) is 4.13. The lowest BCUT2D eigenvalue weighted by atomic mass is 10.1. The highest BCUT2D eigenvalue weighted by Gasteiger charge is 2.21. The molecule has 0 radical (unpaired) electrons. The Bertz CT molecular complexity index is 487. The van der Waals surface area contributed by atoms with Crippen LogP contribution in [0.1, 0.15) is 16.8 Å². The van der Waals surface area contributed by atoms with Gasteiger partial charge in [-0.05, 0) is 12.1 Å². The first-order chi connectivity index (χ1) is 8.97. The van der Waals surface area contributed by atoms with E-state index in [1.165, 1.54) is 23.1 Å². The van der Waals surface area contributed by atoms with Crippen molar-refractivity contribution in [2.45, 2.75) is 6.42 Å². The van der Waals surface area contributed by atoms with Crippen molar-refractivity contribution in [3.8, 4) is 0 Å². The zero-order valence-electron chi connectivity index (χ0n) is 10.2. The molecule has 0 aliphatic rings. The van der Waals surface area contributed by atoms with E-state index in [1.54, 1.807) is 6.08 Å². The molecule has 1 aromatic carbocycles. The van der Waals surface area contributed by atoms with Crippen LogP contribution in [0.2, 0.25) is 5.02 Å². The molecule has 0 saturated heterocycles. The summed E-state index contributed by atoms with van der Waals surface area (Å²) in [6, 6.07) is 4.11. The largest absolute Gasteiger partial charge is 0.393 e. The van der Waals surface area contributed by atoms with Crippen LogP contribution in [0.5, 0.6) is 0 Å². The minimum absolute atomic E-state index is 0.0781. The van der Waals surface area contributed by atoms with Gasteiger partial charge in [0.1, 0.15) is 5.82 Å². The molecule has 0 unspecified atom stereocenters. The molecule has 2 N–H and O–H groups in total. The number of hydrogen-bond acceptors (Lipinski definition) is 2. The predicted octanol–water partition coefficient (Wildman–Crippen LogP) is 2.78. The van der Waals surface area contributed by atoms with Crippen molar-refractivity contribution in [2.75, 3.05) is 13.1 Å². The van der Waals surface area contributed by atoms with E-state index < -0.39 is 11.7 Å². The summed E-state index contributed by atoms with van der Waals surface area (Å²) in [5, 5.41) is 0.0781. The smallest absolute Gasteiger partial charge is 0.258 e. The van der Waals surface area contributed by atoms with E-state index in [4.69, 9.17) is 29.6 Å². The summed E-state index contributed by atoms with van der Waals surface area (Å²) in [5.74, 6) is -1.15. The van der Waals surface area contributed by atoms with Gasteiger partial charge in [-0.15, -0.1) is 6.58 Å².